The molecule has 0 aromatic carbocycles. The number of rotatable bonds is 3. The van der Waals surface area contributed by atoms with E-state index in [4.69, 9.17) is 17.3 Å². The van der Waals surface area contributed by atoms with Crippen LogP contribution in [0.3, 0.4) is 0 Å². The second kappa shape index (κ2) is 5.57. The fourth-order valence-electron chi connectivity index (χ4n) is 2.17. The van der Waals surface area contributed by atoms with Crippen molar-refractivity contribution in [1.82, 2.24) is 14.9 Å². The lowest BCUT2D eigenvalue weighted by atomic mass is 9.98. The molecule has 1 atom stereocenters. The predicted molar refractivity (Wildman–Crippen MR) is 64.1 cm³/mol. The molecule has 1 aromatic heterocycles. The SMILES string of the molecule is NCC1CCCN(Cc2ccnc(Cl)n2)C1. The topological polar surface area (TPSA) is 55.0 Å². The molecule has 0 amide bonds. The lowest BCUT2D eigenvalue weighted by Gasteiger charge is -2.31. The van der Waals surface area contributed by atoms with Crippen LogP contribution in [0.4, 0.5) is 0 Å². The van der Waals surface area contributed by atoms with Gasteiger partial charge in [0, 0.05) is 19.3 Å². The van der Waals surface area contributed by atoms with Gasteiger partial charge in [-0.1, -0.05) is 0 Å². The van der Waals surface area contributed by atoms with E-state index in [1.165, 1.54) is 12.8 Å². The van der Waals surface area contributed by atoms with Crippen LogP contribution < -0.4 is 5.73 Å². The lowest BCUT2D eigenvalue weighted by Crippen LogP contribution is -2.38. The molecule has 2 heterocycles. The highest BCUT2D eigenvalue weighted by Crippen LogP contribution is 2.17. The average Bonchev–Trinajstić information content (AvgIpc) is 2.29. The van der Waals surface area contributed by atoms with Gasteiger partial charge < -0.3 is 5.73 Å². The average molecular weight is 241 g/mol. The highest BCUT2D eigenvalue weighted by molar-refractivity contribution is 6.28. The fraction of sp³-hybridized carbons (Fsp3) is 0.636. The molecule has 0 saturated carbocycles. The normalized spacial score (nSPS) is 22.2. The number of hydrogen-bond donors (Lipinski definition) is 1. The Morgan fingerprint density at radius 2 is 2.44 bits per heavy atom. The van der Waals surface area contributed by atoms with Gasteiger partial charge in [0.05, 0.1) is 5.69 Å². The van der Waals surface area contributed by atoms with Crippen molar-refractivity contribution < 1.29 is 0 Å². The number of piperidine rings is 1. The number of hydrogen-bond acceptors (Lipinski definition) is 4. The Kier molecular flexibility index (Phi) is 4.09. The molecule has 0 spiro atoms. The molecule has 0 radical (unpaired) electrons. The minimum Gasteiger partial charge on any atom is -0.330 e. The first-order valence-electron chi connectivity index (χ1n) is 5.68. The van der Waals surface area contributed by atoms with E-state index in [0.717, 1.165) is 31.9 Å². The van der Waals surface area contributed by atoms with Gasteiger partial charge >= 0.3 is 0 Å². The molecule has 1 fully saturated rings. The smallest absolute Gasteiger partial charge is 0.222 e. The van der Waals surface area contributed by atoms with Crippen molar-refractivity contribution in [1.29, 1.82) is 0 Å². The standard InChI is InChI=1S/C11H17ClN4/c12-11-14-4-3-10(15-11)8-16-5-1-2-9(6-13)7-16/h3-4,9H,1-2,5-8,13H2. The Morgan fingerprint density at radius 3 is 3.19 bits per heavy atom. The zero-order valence-corrected chi connectivity index (χ0v) is 10.0. The van der Waals surface area contributed by atoms with Crippen molar-refractivity contribution in [2.24, 2.45) is 11.7 Å². The highest BCUT2D eigenvalue weighted by Gasteiger charge is 2.18. The monoisotopic (exact) mass is 240 g/mol. The first-order chi connectivity index (χ1) is 7.78. The van der Waals surface area contributed by atoms with Crippen LogP contribution in [0, 0.1) is 5.92 Å². The molecule has 1 saturated heterocycles. The predicted octanol–water partition coefficient (Wildman–Crippen LogP) is 1.30. The number of halogens is 1. The van der Waals surface area contributed by atoms with Crippen molar-refractivity contribution in [2.45, 2.75) is 19.4 Å². The number of aromatic nitrogens is 2. The summed E-state index contributed by atoms with van der Waals surface area (Å²) in [5.41, 5.74) is 6.69. The molecule has 5 heteroatoms. The van der Waals surface area contributed by atoms with Crippen LogP contribution >= 0.6 is 11.6 Å². The quantitative estimate of drug-likeness (QED) is 0.810. The Labute approximate surface area is 101 Å². The molecule has 4 nitrogen and oxygen atoms in total. The van der Waals surface area contributed by atoms with Gasteiger partial charge in [-0.05, 0) is 49.5 Å². The molecule has 88 valence electrons. The fourth-order valence-corrected chi connectivity index (χ4v) is 2.34. The maximum Gasteiger partial charge on any atom is 0.222 e. The van der Waals surface area contributed by atoms with Crippen molar-refractivity contribution in [3.05, 3.63) is 23.2 Å². The molecule has 1 aliphatic rings. The van der Waals surface area contributed by atoms with Gasteiger partial charge in [-0.15, -0.1) is 0 Å². The van der Waals surface area contributed by atoms with Gasteiger partial charge in [-0.3, -0.25) is 4.90 Å². The van der Waals surface area contributed by atoms with Gasteiger partial charge in [0.15, 0.2) is 0 Å². The van der Waals surface area contributed by atoms with Crippen LogP contribution in [0.2, 0.25) is 5.28 Å². The molecule has 0 aliphatic carbocycles. The van der Waals surface area contributed by atoms with Crippen molar-refractivity contribution in [2.75, 3.05) is 19.6 Å². The summed E-state index contributed by atoms with van der Waals surface area (Å²) in [4.78, 5) is 10.5. The summed E-state index contributed by atoms with van der Waals surface area (Å²) in [6.07, 6.45) is 4.17. The summed E-state index contributed by atoms with van der Waals surface area (Å²) in [5.74, 6) is 0.631. The number of likely N-dealkylation sites (tertiary alicyclic amines) is 1. The zero-order chi connectivity index (χ0) is 11.4. The maximum atomic E-state index is 5.76. The van der Waals surface area contributed by atoms with Gasteiger partial charge in [-0.2, -0.15) is 0 Å². The first kappa shape index (κ1) is 11.8. The minimum absolute atomic E-state index is 0.324. The van der Waals surface area contributed by atoms with E-state index in [2.05, 4.69) is 14.9 Å². The second-order valence-corrected chi connectivity index (χ2v) is 4.63. The third-order valence-electron chi connectivity index (χ3n) is 3.01. The zero-order valence-electron chi connectivity index (χ0n) is 9.27. The van der Waals surface area contributed by atoms with Crippen LogP contribution in [0.5, 0.6) is 0 Å². The Morgan fingerprint density at radius 1 is 1.56 bits per heavy atom. The van der Waals surface area contributed by atoms with E-state index >= 15 is 0 Å². The Balaban J connectivity index is 1.94. The molecule has 1 aromatic rings. The van der Waals surface area contributed by atoms with E-state index in [0.29, 0.717) is 11.2 Å². The summed E-state index contributed by atoms with van der Waals surface area (Å²) in [7, 11) is 0. The maximum absolute atomic E-state index is 5.76. The molecule has 1 unspecified atom stereocenters. The summed E-state index contributed by atoms with van der Waals surface area (Å²) in [6, 6.07) is 1.91. The van der Waals surface area contributed by atoms with E-state index in [1.54, 1.807) is 6.20 Å². The molecule has 0 bridgehead atoms. The second-order valence-electron chi connectivity index (χ2n) is 4.30. The van der Waals surface area contributed by atoms with Crippen molar-refractivity contribution in [3.8, 4) is 0 Å². The van der Waals surface area contributed by atoms with Gasteiger partial charge in [0.25, 0.3) is 0 Å². The lowest BCUT2D eigenvalue weighted by molar-refractivity contribution is 0.169. The van der Waals surface area contributed by atoms with E-state index in [9.17, 15) is 0 Å². The van der Waals surface area contributed by atoms with E-state index in [1.807, 2.05) is 6.07 Å². The number of nitrogens with zero attached hydrogens (tertiary/aromatic N) is 3. The first-order valence-corrected chi connectivity index (χ1v) is 6.05. The summed E-state index contributed by atoms with van der Waals surface area (Å²) in [6.45, 7) is 3.82. The molecular formula is C11H17ClN4. The third-order valence-corrected chi connectivity index (χ3v) is 3.19. The molecule has 1 aliphatic heterocycles. The van der Waals surface area contributed by atoms with Gasteiger partial charge in [-0.25, -0.2) is 9.97 Å². The largest absolute Gasteiger partial charge is 0.330 e. The van der Waals surface area contributed by atoms with Crippen LogP contribution in [0.1, 0.15) is 18.5 Å². The molecule has 2 rings (SSSR count). The van der Waals surface area contributed by atoms with Crippen molar-refractivity contribution >= 4 is 11.6 Å². The van der Waals surface area contributed by atoms with Crippen LogP contribution in [-0.4, -0.2) is 34.5 Å². The molecule has 2 N–H and O–H groups in total. The third kappa shape index (κ3) is 3.14. The van der Waals surface area contributed by atoms with Crippen LogP contribution in [0.15, 0.2) is 12.3 Å². The van der Waals surface area contributed by atoms with Crippen molar-refractivity contribution in [3.63, 3.8) is 0 Å². The summed E-state index contributed by atoms with van der Waals surface area (Å²) < 4.78 is 0. The van der Waals surface area contributed by atoms with Crippen LogP contribution in [0.25, 0.3) is 0 Å². The van der Waals surface area contributed by atoms with Gasteiger partial charge in [0.2, 0.25) is 5.28 Å². The van der Waals surface area contributed by atoms with Crippen LogP contribution in [-0.2, 0) is 6.54 Å². The Hall–Kier alpha value is -0.710. The minimum atomic E-state index is 0.324. The molecule has 16 heavy (non-hydrogen) atoms. The van der Waals surface area contributed by atoms with E-state index in [-0.39, 0.29) is 0 Å². The highest BCUT2D eigenvalue weighted by atomic mass is 35.5. The summed E-state index contributed by atoms with van der Waals surface area (Å²) in [5, 5.41) is 0.324. The van der Waals surface area contributed by atoms with E-state index < -0.39 is 0 Å². The molecular weight excluding hydrogens is 224 g/mol. The number of nitrogens with two attached hydrogens (primary N) is 1. The van der Waals surface area contributed by atoms with Gasteiger partial charge in [0.1, 0.15) is 0 Å². The summed E-state index contributed by atoms with van der Waals surface area (Å²) >= 11 is 5.76. The Bertz CT molecular complexity index is 345.